The van der Waals surface area contributed by atoms with E-state index < -0.39 is 0 Å². The van der Waals surface area contributed by atoms with Crippen molar-refractivity contribution < 1.29 is 9.84 Å². The number of benzene rings is 2. The second-order valence-electron chi connectivity index (χ2n) is 6.32. The van der Waals surface area contributed by atoms with Gasteiger partial charge in [0.15, 0.2) is 0 Å². The minimum Gasteiger partial charge on any atom is -0.490 e. The largest absolute Gasteiger partial charge is 0.490 e. The third-order valence-corrected chi connectivity index (χ3v) is 5.53. The molecule has 134 valence electrons. The highest BCUT2D eigenvalue weighted by molar-refractivity contribution is 7.14. The van der Waals surface area contributed by atoms with Crippen molar-refractivity contribution in [1.82, 2.24) is 10.2 Å². The predicted molar refractivity (Wildman–Crippen MR) is 104 cm³/mol. The van der Waals surface area contributed by atoms with Crippen LogP contribution in [0.1, 0.15) is 17.8 Å². The molecule has 3 aromatic rings. The van der Waals surface area contributed by atoms with Crippen LogP contribution < -0.4 is 9.64 Å². The molecule has 6 heteroatoms. The van der Waals surface area contributed by atoms with Crippen LogP contribution >= 0.6 is 11.3 Å². The maximum Gasteiger partial charge on any atom is 0.147 e. The molecule has 1 aliphatic heterocycles. The van der Waals surface area contributed by atoms with E-state index in [1.165, 1.54) is 17.0 Å². The molecule has 4 rings (SSSR count). The van der Waals surface area contributed by atoms with Crippen molar-refractivity contribution in [3.63, 3.8) is 0 Å². The summed E-state index contributed by atoms with van der Waals surface area (Å²) in [4.78, 5) is 2.40. The Labute approximate surface area is 156 Å². The van der Waals surface area contributed by atoms with Crippen LogP contribution in [0.4, 0.5) is 5.69 Å². The van der Waals surface area contributed by atoms with Gasteiger partial charge >= 0.3 is 0 Å². The number of piperidine rings is 1. The number of ether oxygens (including phenoxy) is 1. The van der Waals surface area contributed by atoms with E-state index in [1.807, 2.05) is 30.3 Å². The van der Waals surface area contributed by atoms with Crippen LogP contribution in [0.15, 0.2) is 54.6 Å². The molecule has 1 fully saturated rings. The van der Waals surface area contributed by atoms with Gasteiger partial charge in [0, 0.05) is 37.2 Å². The van der Waals surface area contributed by atoms with E-state index in [0.29, 0.717) is 5.01 Å². The van der Waals surface area contributed by atoms with E-state index in [4.69, 9.17) is 9.84 Å². The zero-order valence-electron chi connectivity index (χ0n) is 14.4. The monoisotopic (exact) mass is 367 g/mol. The molecule has 1 aliphatic rings. The van der Waals surface area contributed by atoms with Crippen molar-refractivity contribution in [1.29, 1.82) is 0 Å². The molecular weight excluding hydrogens is 346 g/mol. The van der Waals surface area contributed by atoms with E-state index in [9.17, 15) is 0 Å². The molecule has 26 heavy (non-hydrogen) atoms. The first-order valence-corrected chi connectivity index (χ1v) is 9.64. The fourth-order valence-electron chi connectivity index (χ4n) is 3.17. The summed E-state index contributed by atoms with van der Waals surface area (Å²) >= 11 is 1.43. The summed E-state index contributed by atoms with van der Waals surface area (Å²) in [6.07, 6.45) is 2.33. The summed E-state index contributed by atoms with van der Waals surface area (Å²) in [6.45, 7) is 1.92. The topological polar surface area (TPSA) is 58.5 Å². The van der Waals surface area contributed by atoms with Gasteiger partial charge in [-0.1, -0.05) is 29.5 Å². The van der Waals surface area contributed by atoms with Crippen LogP contribution in [-0.4, -0.2) is 34.5 Å². The molecule has 2 aromatic carbocycles. The Morgan fingerprint density at radius 1 is 1.00 bits per heavy atom. The third-order valence-electron chi connectivity index (χ3n) is 4.57. The number of hydrogen-bond donors (Lipinski definition) is 1. The summed E-state index contributed by atoms with van der Waals surface area (Å²) in [5.74, 6) is 0.953. The number of hydrogen-bond acceptors (Lipinski definition) is 6. The summed E-state index contributed by atoms with van der Waals surface area (Å²) < 4.78 is 6.07. The van der Waals surface area contributed by atoms with Crippen LogP contribution in [0.5, 0.6) is 5.75 Å². The van der Waals surface area contributed by atoms with Crippen molar-refractivity contribution in [3.05, 3.63) is 59.6 Å². The lowest BCUT2D eigenvalue weighted by molar-refractivity contribution is 0.171. The maximum atomic E-state index is 9.12. The summed E-state index contributed by atoms with van der Waals surface area (Å²) in [5, 5.41) is 18.7. The van der Waals surface area contributed by atoms with Gasteiger partial charge in [0.05, 0.1) is 6.61 Å². The molecule has 1 saturated heterocycles. The number of para-hydroxylation sites is 1. The van der Waals surface area contributed by atoms with Gasteiger partial charge < -0.3 is 14.7 Å². The minimum absolute atomic E-state index is 0.0598. The normalized spacial score (nSPS) is 15.2. The van der Waals surface area contributed by atoms with Crippen molar-refractivity contribution in [2.24, 2.45) is 0 Å². The predicted octanol–water partition coefficient (Wildman–Crippen LogP) is 3.75. The van der Waals surface area contributed by atoms with Gasteiger partial charge in [0.25, 0.3) is 0 Å². The van der Waals surface area contributed by atoms with Gasteiger partial charge in [-0.25, -0.2) is 0 Å². The molecule has 0 atom stereocenters. The minimum atomic E-state index is -0.0598. The average Bonchev–Trinajstić information content (AvgIpc) is 3.19. The number of nitrogens with zero attached hydrogens (tertiary/aromatic N) is 3. The molecule has 2 heterocycles. The lowest BCUT2D eigenvalue weighted by atomic mass is 10.1. The summed E-state index contributed by atoms with van der Waals surface area (Å²) in [5.41, 5.74) is 2.26. The van der Waals surface area contributed by atoms with Crippen LogP contribution in [-0.2, 0) is 6.61 Å². The summed E-state index contributed by atoms with van der Waals surface area (Å²) in [7, 11) is 0. The molecule has 1 N–H and O–H groups in total. The smallest absolute Gasteiger partial charge is 0.147 e. The van der Waals surface area contributed by atoms with Crippen molar-refractivity contribution in [2.75, 3.05) is 18.0 Å². The number of anilines is 1. The van der Waals surface area contributed by atoms with Gasteiger partial charge in [-0.2, -0.15) is 0 Å². The van der Waals surface area contributed by atoms with Crippen LogP contribution in [0, 0.1) is 0 Å². The van der Waals surface area contributed by atoms with Crippen LogP contribution in [0.25, 0.3) is 10.6 Å². The number of aromatic nitrogens is 2. The van der Waals surface area contributed by atoms with Gasteiger partial charge in [-0.3, -0.25) is 0 Å². The Kier molecular flexibility index (Phi) is 5.13. The highest BCUT2D eigenvalue weighted by Crippen LogP contribution is 2.28. The van der Waals surface area contributed by atoms with Gasteiger partial charge in [0.1, 0.15) is 21.9 Å². The molecule has 1 aromatic heterocycles. The molecule has 0 spiro atoms. The van der Waals surface area contributed by atoms with Crippen molar-refractivity contribution in [3.8, 4) is 16.3 Å². The average molecular weight is 367 g/mol. The Morgan fingerprint density at radius 2 is 1.73 bits per heavy atom. The highest BCUT2D eigenvalue weighted by Gasteiger charge is 2.21. The highest BCUT2D eigenvalue weighted by atomic mass is 32.1. The lowest BCUT2D eigenvalue weighted by Gasteiger charge is -2.33. The quantitative estimate of drug-likeness (QED) is 0.744. The van der Waals surface area contributed by atoms with Gasteiger partial charge in [0.2, 0.25) is 0 Å². The maximum absolute atomic E-state index is 9.12. The Bertz CT molecular complexity index is 828. The third kappa shape index (κ3) is 3.86. The zero-order chi connectivity index (χ0) is 17.8. The van der Waals surface area contributed by atoms with E-state index >= 15 is 0 Å². The molecule has 0 aliphatic carbocycles. The molecule has 0 unspecified atom stereocenters. The Hall–Kier alpha value is -2.44. The number of aliphatic hydroxyl groups is 1. The SMILES string of the molecule is OCc1nnc(-c2ccc(N3CCC(Oc4ccccc4)CC3)cc2)s1. The van der Waals surface area contributed by atoms with Crippen LogP contribution in [0.2, 0.25) is 0 Å². The molecule has 0 saturated carbocycles. The Balaban J connectivity index is 1.35. The molecule has 0 bridgehead atoms. The fourth-order valence-corrected chi connectivity index (χ4v) is 3.88. The first kappa shape index (κ1) is 17.0. The van der Waals surface area contributed by atoms with Crippen molar-refractivity contribution in [2.45, 2.75) is 25.6 Å². The molecule has 0 amide bonds. The number of aliphatic hydroxyl groups excluding tert-OH is 1. The van der Waals surface area contributed by atoms with E-state index in [1.54, 1.807) is 0 Å². The van der Waals surface area contributed by atoms with Crippen LogP contribution in [0.3, 0.4) is 0 Å². The van der Waals surface area contributed by atoms with E-state index in [-0.39, 0.29) is 12.7 Å². The fraction of sp³-hybridized carbons (Fsp3) is 0.300. The second-order valence-corrected chi connectivity index (χ2v) is 7.39. The van der Waals surface area contributed by atoms with Gasteiger partial charge in [-0.05, 0) is 36.4 Å². The van der Waals surface area contributed by atoms with E-state index in [0.717, 1.165) is 42.3 Å². The standard InChI is InChI=1S/C20H21N3O2S/c24-14-19-21-22-20(26-19)15-6-8-16(9-7-15)23-12-10-18(11-13-23)25-17-4-2-1-3-5-17/h1-9,18,24H,10-14H2. The zero-order valence-corrected chi connectivity index (χ0v) is 15.2. The Morgan fingerprint density at radius 3 is 2.38 bits per heavy atom. The molecular formula is C20H21N3O2S. The number of rotatable bonds is 5. The van der Waals surface area contributed by atoms with E-state index in [2.05, 4.69) is 39.4 Å². The first-order chi connectivity index (χ1) is 12.8. The van der Waals surface area contributed by atoms with Gasteiger partial charge in [-0.15, -0.1) is 10.2 Å². The molecule has 5 nitrogen and oxygen atoms in total. The second kappa shape index (κ2) is 7.85. The first-order valence-electron chi connectivity index (χ1n) is 8.82. The van der Waals surface area contributed by atoms with Crippen molar-refractivity contribution >= 4 is 17.0 Å². The lowest BCUT2D eigenvalue weighted by Crippen LogP contribution is -2.38. The molecule has 0 radical (unpaired) electrons. The summed E-state index contributed by atoms with van der Waals surface area (Å²) in [6, 6.07) is 18.5.